The van der Waals surface area contributed by atoms with E-state index in [4.69, 9.17) is 0 Å². The summed E-state index contributed by atoms with van der Waals surface area (Å²) in [4.78, 5) is 15.7. The second kappa shape index (κ2) is 5.07. The maximum atomic E-state index is 11.3. The Hall–Kier alpha value is -1.42. The Kier molecular flexibility index (Phi) is 3.51. The quantitative estimate of drug-likeness (QED) is 0.883. The Balaban J connectivity index is 2.02. The van der Waals surface area contributed by atoms with Gasteiger partial charge in [-0.15, -0.1) is 11.3 Å². The normalized spacial score (nSPS) is 10.6. The smallest absolute Gasteiger partial charge is 0.220 e. The van der Waals surface area contributed by atoms with Crippen LogP contribution in [0.3, 0.4) is 0 Å². The van der Waals surface area contributed by atoms with Crippen LogP contribution in [0.2, 0.25) is 0 Å². The molecule has 0 bridgehead atoms. The number of hydrogen-bond acceptors (Lipinski definition) is 3. The van der Waals surface area contributed by atoms with E-state index in [1.807, 2.05) is 31.2 Å². The summed E-state index contributed by atoms with van der Waals surface area (Å²) < 4.78 is 1.17. The molecule has 0 atom stereocenters. The topological polar surface area (TPSA) is 42.0 Å². The predicted molar refractivity (Wildman–Crippen MR) is 66.4 cm³/mol. The van der Waals surface area contributed by atoms with Crippen LogP contribution in [0, 0.1) is 0 Å². The molecule has 0 aliphatic rings. The third kappa shape index (κ3) is 2.58. The van der Waals surface area contributed by atoms with E-state index in [-0.39, 0.29) is 5.91 Å². The molecule has 1 N–H and O–H groups in total. The van der Waals surface area contributed by atoms with Gasteiger partial charge in [-0.25, -0.2) is 4.98 Å². The van der Waals surface area contributed by atoms with Crippen molar-refractivity contribution in [2.24, 2.45) is 0 Å². The first-order chi connectivity index (χ1) is 7.79. The van der Waals surface area contributed by atoms with Crippen LogP contribution in [0.4, 0.5) is 0 Å². The number of benzene rings is 1. The molecule has 0 saturated carbocycles. The van der Waals surface area contributed by atoms with E-state index in [2.05, 4.69) is 10.3 Å². The molecule has 1 amide bonds. The summed E-state index contributed by atoms with van der Waals surface area (Å²) >= 11 is 1.63. The van der Waals surface area contributed by atoms with Crippen molar-refractivity contribution in [3.05, 3.63) is 29.3 Å². The van der Waals surface area contributed by atoms with E-state index in [1.165, 1.54) is 4.70 Å². The zero-order chi connectivity index (χ0) is 11.4. The van der Waals surface area contributed by atoms with Gasteiger partial charge in [-0.05, 0) is 18.6 Å². The molecule has 0 saturated heterocycles. The number of nitrogens with one attached hydrogen (secondary N) is 1. The molecule has 84 valence electrons. The van der Waals surface area contributed by atoms with Crippen LogP contribution in [0.5, 0.6) is 0 Å². The van der Waals surface area contributed by atoms with E-state index in [0.29, 0.717) is 13.0 Å². The lowest BCUT2D eigenvalue weighted by atomic mass is 10.3. The minimum absolute atomic E-state index is 0.0988. The minimum Gasteiger partial charge on any atom is -0.350 e. The van der Waals surface area contributed by atoms with Crippen molar-refractivity contribution in [1.29, 1.82) is 0 Å². The maximum Gasteiger partial charge on any atom is 0.220 e. The Morgan fingerprint density at radius 3 is 3.00 bits per heavy atom. The molecule has 4 heteroatoms. The molecule has 0 aliphatic heterocycles. The van der Waals surface area contributed by atoms with Crippen LogP contribution in [-0.2, 0) is 11.3 Å². The number of carbonyl (C=O) groups excluding carboxylic acids is 1. The lowest BCUT2D eigenvalue weighted by Gasteiger charge is -1.99. The van der Waals surface area contributed by atoms with Gasteiger partial charge >= 0.3 is 0 Å². The number of aromatic nitrogens is 1. The van der Waals surface area contributed by atoms with Crippen LogP contribution in [0.15, 0.2) is 24.3 Å². The number of nitrogens with zero attached hydrogens (tertiary/aromatic N) is 1. The highest BCUT2D eigenvalue weighted by Gasteiger charge is 2.04. The molecule has 0 aliphatic carbocycles. The average Bonchev–Trinajstić information content (AvgIpc) is 2.69. The zero-order valence-corrected chi connectivity index (χ0v) is 10.0. The van der Waals surface area contributed by atoms with Crippen LogP contribution in [-0.4, -0.2) is 10.9 Å². The van der Waals surface area contributed by atoms with Crippen molar-refractivity contribution >= 4 is 27.5 Å². The van der Waals surface area contributed by atoms with Gasteiger partial charge < -0.3 is 5.32 Å². The molecule has 0 unspecified atom stereocenters. The van der Waals surface area contributed by atoms with Crippen molar-refractivity contribution in [2.45, 2.75) is 26.3 Å². The van der Waals surface area contributed by atoms with Crippen LogP contribution in [0.25, 0.3) is 10.2 Å². The molecule has 2 rings (SSSR count). The lowest BCUT2D eigenvalue weighted by Crippen LogP contribution is -2.21. The zero-order valence-electron chi connectivity index (χ0n) is 9.19. The summed E-state index contributed by atoms with van der Waals surface area (Å²) in [7, 11) is 0. The Bertz CT molecular complexity index is 459. The van der Waals surface area contributed by atoms with Crippen LogP contribution < -0.4 is 5.32 Å². The molecular weight excluding hydrogens is 220 g/mol. The van der Waals surface area contributed by atoms with Crippen molar-refractivity contribution < 1.29 is 4.79 Å². The number of carbonyl (C=O) groups is 1. The van der Waals surface area contributed by atoms with Gasteiger partial charge in [0, 0.05) is 6.42 Å². The highest BCUT2D eigenvalue weighted by Crippen LogP contribution is 2.21. The summed E-state index contributed by atoms with van der Waals surface area (Å²) in [6, 6.07) is 8.01. The summed E-state index contributed by atoms with van der Waals surface area (Å²) in [5, 5.41) is 3.83. The lowest BCUT2D eigenvalue weighted by molar-refractivity contribution is -0.121. The predicted octanol–water partition coefficient (Wildman–Crippen LogP) is 2.71. The van der Waals surface area contributed by atoms with Crippen LogP contribution >= 0.6 is 11.3 Å². The van der Waals surface area contributed by atoms with E-state index < -0.39 is 0 Å². The van der Waals surface area contributed by atoms with E-state index >= 15 is 0 Å². The van der Waals surface area contributed by atoms with Gasteiger partial charge in [0.05, 0.1) is 16.8 Å². The molecule has 2 aromatic rings. The van der Waals surface area contributed by atoms with Gasteiger partial charge in [-0.3, -0.25) is 4.79 Å². The fourth-order valence-corrected chi connectivity index (χ4v) is 2.39. The van der Waals surface area contributed by atoms with Crippen molar-refractivity contribution in [2.75, 3.05) is 0 Å². The molecule has 1 aromatic heterocycles. The molecule has 0 spiro atoms. The fraction of sp³-hybridized carbons (Fsp3) is 0.333. The monoisotopic (exact) mass is 234 g/mol. The number of para-hydroxylation sites is 1. The second-order valence-electron chi connectivity index (χ2n) is 3.60. The number of thiazole rings is 1. The highest BCUT2D eigenvalue weighted by atomic mass is 32.1. The van der Waals surface area contributed by atoms with Crippen molar-refractivity contribution in [1.82, 2.24) is 10.3 Å². The summed E-state index contributed by atoms with van der Waals surface area (Å²) in [6.45, 7) is 2.54. The molecule has 16 heavy (non-hydrogen) atoms. The van der Waals surface area contributed by atoms with Gasteiger partial charge in [0.25, 0.3) is 0 Å². The third-order valence-corrected chi connectivity index (χ3v) is 3.29. The molecule has 0 radical (unpaired) electrons. The van der Waals surface area contributed by atoms with E-state index in [1.54, 1.807) is 11.3 Å². The SMILES string of the molecule is CCCC(=O)NCc1nc2ccccc2s1. The Morgan fingerprint density at radius 1 is 1.44 bits per heavy atom. The average molecular weight is 234 g/mol. The summed E-state index contributed by atoms with van der Waals surface area (Å²) in [5.41, 5.74) is 1.01. The highest BCUT2D eigenvalue weighted by molar-refractivity contribution is 7.18. The first kappa shape index (κ1) is 11.1. The summed E-state index contributed by atoms with van der Waals surface area (Å²) in [6.07, 6.45) is 1.47. The van der Waals surface area contributed by atoms with Crippen LogP contribution in [0.1, 0.15) is 24.8 Å². The first-order valence-corrected chi connectivity index (χ1v) is 6.22. The van der Waals surface area contributed by atoms with Crippen molar-refractivity contribution in [3.8, 4) is 0 Å². The van der Waals surface area contributed by atoms with Crippen molar-refractivity contribution in [3.63, 3.8) is 0 Å². The molecule has 0 fully saturated rings. The Morgan fingerprint density at radius 2 is 2.25 bits per heavy atom. The van der Waals surface area contributed by atoms with Gasteiger partial charge in [0.2, 0.25) is 5.91 Å². The van der Waals surface area contributed by atoms with Gasteiger partial charge in [0.1, 0.15) is 5.01 Å². The second-order valence-corrected chi connectivity index (χ2v) is 4.72. The molecular formula is C12H14N2OS. The molecule has 3 nitrogen and oxygen atoms in total. The maximum absolute atomic E-state index is 11.3. The van der Waals surface area contributed by atoms with Gasteiger partial charge in [-0.1, -0.05) is 19.1 Å². The number of hydrogen-bond donors (Lipinski definition) is 1. The largest absolute Gasteiger partial charge is 0.350 e. The standard InChI is InChI=1S/C12H14N2OS/c1-2-5-11(15)13-8-12-14-9-6-3-4-7-10(9)16-12/h3-4,6-7H,2,5,8H2,1H3,(H,13,15). The van der Waals surface area contributed by atoms with Gasteiger partial charge in [-0.2, -0.15) is 0 Å². The van der Waals surface area contributed by atoms with E-state index in [0.717, 1.165) is 16.9 Å². The fourth-order valence-electron chi connectivity index (χ4n) is 1.49. The van der Waals surface area contributed by atoms with Gasteiger partial charge in [0.15, 0.2) is 0 Å². The Labute approximate surface area is 98.5 Å². The summed E-state index contributed by atoms with van der Waals surface area (Å²) in [5.74, 6) is 0.0988. The number of fused-ring (bicyclic) bond motifs is 1. The number of rotatable bonds is 4. The molecule has 1 heterocycles. The first-order valence-electron chi connectivity index (χ1n) is 5.40. The number of amides is 1. The van der Waals surface area contributed by atoms with E-state index in [9.17, 15) is 4.79 Å². The third-order valence-electron chi connectivity index (χ3n) is 2.25. The molecule has 1 aromatic carbocycles. The minimum atomic E-state index is 0.0988.